The van der Waals surface area contributed by atoms with E-state index >= 15 is 0 Å². The van der Waals surface area contributed by atoms with Gasteiger partial charge >= 0.3 is 0 Å². The van der Waals surface area contributed by atoms with Gasteiger partial charge in [0.05, 0.1) is 9.82 Å². The number of sulfonamides is 1. The molecule has 1 aromatic carbocycles. The minimum atomic E-state index is -3.72. The minimum Gasteiger partial charge on any atom is -0.393 e. The number of nitrogen functional groups attached to an aromatic ring is 1. The molecule has 7 nitrogen and oxygen atoms in total. The first kappa shape index (κ1) is 15.7. The number of nitrogens with two attached hydrogens (primary N) is 1. The fourth-order valence-corrected chi connectivity index (χ4v) is 4.46. The smallest absolute Gasteiger partial charge is 0.293 e. The molecule has 1 heterocycles. The zero-order chi connectivity index (χ0) is 15.6. The summed E-state index contributed by atoms with van der Waals surface area (Å²) >= 11 is 0. The van der Waals surface area contributed by atoms with Gasteiger partial charge in [0.25, 0.3) is 5.69 Å². The molecule has 0 radical (unpaired) electrons. The third-order valence-electron chi connectivity index (χ3n) is 3.85. The fourth-order valence-electron chi connectivity index (χ4n) is 2.68. The Morgan fingerprint density at radius 1 is 1.43 bits per heavy atom. The number of nitro groups is 1. The number of hydrogen-bond donors (Lipinski definition) is 1. The van der Waals surface area contributed by atoms with Crippen LogP contribution in [0.15, 0.2) is 23.1 Å². The SMILES string of the molecule is CCC1CCCCN1S(=O)(=O)c1ccc(N)c([N+](=O)[O-])c1. The maximum Gasteiger partial charge on any atom is 0.293 e. The van der Waals surface area contributed by atoms with Crippen molar-refractivity contribution in [2.45, 2.75) is 43.5 Å². The van der Waals surface area contributed by atoms with Crippen LogP contribution < -0.4 is 5.73 Å². The van der Waals surface area contributed by atoms with Gasteiger partial charge in [0.15, 0.2) is 0 Å². The number of rotatable bonds is 4. The number of benzene rings is 1. The van der Waals surface area contributed by atoms with Crippen molar-refractivity contribution in [1.82, 2.24) is 4.31 Å². The first-order chi connectivity index (χ1) is 9.87. The van der Waals surface area contributed by atoms with Gasteiger partial charge in [0, 0.05) is 18.7 Å². The Morgan fingerprint density at radius 3 is 2.76 bits per heavy atom. The molecule has 0 aromatic heterocycles. The van der Waals surface area contributed by atoms with E-state index in [1.54, 1.807) is 0 Å². The first-order valence-electron chi connectivity index (χ1n) is 6.93. The highest BCUT2D eigenvalue weighted by Gasteiger charge is 2.33. The average molecular weight is 313 g/mol. The minimum absolute atomic E-state index is 0.0374. The van der Waals surface area contributed by atoms with Crippen molar-refractivity contribution in [3.8, 4) is 0 Å². The largest absolute Gasteiger partial charge is 0.393 e. The lowest BCUT2D eigenvalue weighted by molar-refractivity contribution is -0.384. The summed E-state index contributed by atoms with van der Waals surface area (Å²) in [6.07, 6.45) is 3.38. The van der Waals surface area contributed by atoms with Gasteiger partial charge in [-0.3, -0.25) is 10.1 Å². The number of nitrogens with zero attached hydrogens (tertiary/aromatic N) is 2. The van der Waals surface area contributed by atoms with Crippen LogP contribution in [0.4, 0.5) is 11.4 Å². The third kappa shape index (κ3) is 3.01. The number of hydrogen-bond acceptors (Lipinski definition) is 5. The Labute approximate surface area is 123 Å². The van der Waals surface area contributed by atoms with Crippen LogP contribution in [-0.4, -0.2) is 30.2 Å². The van der Waals surface area contributed by atoms with E-state index < -0.39 is 14.9 Å². The van der Waals surface area contributed by atoms with Gasteiger partial charge in [-0.1, -0.05) is 13.3 Å². The van der Waals surface area contributed by atoms with E-state index in [9.17, 15) is 18.5 Å². The van der Waals surface area contributed by atoms with Gasteiger partial charge < -0.3 is 5.73 Å². The lowest BCUT2D eigenvalue weighted by Crippen LogP contribution is -2.43. The molecule has 2 rings (SSSR count). The summed E-state index contributed by atoms with van der Waals surface area (Å²) in [5, 5.41) is 10.9. The van der Waals surface area contributed by atoms with Gasteiger partial charge in [-0.05, 0) is 31.4 Å². The van der Waals surface area contributed by atoms with Crippen molar-refractivity contribution >= 4 is 21.4 Å². The van der Waals surface area contributed by atoms with Gasteiger partial charge in [0.1, 0.15) is 5.69 Å². The predicted molar refractivity (Wildman–Crippen MR) is 79.3 cm³/mol. The van der Waals surface area contributed by atoms with E-state index in [4.69, 9.17) is 5.73 Å². The molecule has 0 bridgehead atoms. The summed E-state index contributed by atoms with van der Waals surface area (Å²) < 4.78 is 26.9. The molecule has 1 aromatic rings. The van der Waals surface area contributed by atoms with Crippen molar-refractivity contribution in [3.05, 3.63) is 28.3 Å². The second-order valence-electron chi connectivity index (χ2n) is 5.15. The number of nitro benzene ring substituents is 1. The van der Waals surface area contributed by atoms with Crippen molar-refractivity contribution in [2.75, 3.05) is 12.3 Å². The summed E-state index contributed by atoms with van der Waals surface area (Å²) in [5.41, 5.74) is 5.10. The Hall–Kier alpha value is -1.67. The van der Waals surface area contributed by atoms with Crippen LogP contribution in [0.2, 0.25) is 0 Å². The summed E-state index contributed by atoms with van der Waals surface area (Å²) in [6.45, 7) is 2.41. The van der Waals surface area contributed by atoms with E-state index in [0.29, 0.717) is 6.54 Å². The van der Waals surface area contributed by atoms with Crippen molar-refractivity contribution in [3.63, 3.8) is 0 Å². The molecule has 1 unspecified atom stereocenters. The normalized spacial score (nSPS) is 20.3. The maximum absolute atomic E-state index is 12.7. The standard InChI is InChI=1S/C13H19N3O4S/c1-2-10-5-3-4-8-15(10)21(19,20)11-6-7-12(14)13(9-11)16(17)18/h6-7,9-10H,2-5,8,14H2,1H3. The summed E-state index contributed by atoms with van der Waals surface area (Å²) in [7, 11) is -3.72. The summed E-state index contributed by atoms with van der Waals surface area (Å²) in [4.78, 5) is 10.2. The molecule has 1 saturated heterocycles. The summed E-state index contributed by atoms with van der Waals surface area (Å²) in [6, 6.07) is 3.61. The molecular weight excluding hydrogens is 294 g/mol. The molecule has 0 spiro atoms. The van der Waals surface area contributed by atoms with Gasteiger partial charge in [-0.15, -0.1) is 0 Å². The van der Waals surface area contributed by atoms with Crippen molar-refractivity contribution in [1.29, 1.82) is 0 Å². The molecule has 8 heteroatoms. The maximum atomic E-state index is 12.7. The van der Waals surface area contributed by atoms with Gasteiger partial charge in [0.2, 0.25) is 10.0 Å². The van der Waals surface area contributed by atoms with Crippen LogP contribution in [0.3, 0.4) is 0 Å². The monoisotopic (exact) mass is 313 g/mol. The molecule has 1 fully saturated rings. The van der Waals surface area contributed by atoms with E-state index in [1.807, 2.05) is 6.92 Å². The quantitative estimate of drug-likeness (QED) is 0.520. The van der Waals surface area contributed by atoms with Crippen molar-refractivity contribution < 1.29 is 13.3 Å². The topological polar surface area (TPSA) is 107 Å². The third-order valence-corrected chi connectivity index (χ3v) is 5.80. The lowest BCUT2D eigenvalue weighted by atomic mass is 10.0. The molecule has 116 valence electrons. The molecular formula is C13H19N3O4S. The van der Waals surface area contributed by atoms with E-state index in [1.165, 1.54) is 16.4 Å². The fraction of sp³-hybridized carbons (Fsp3) is 0.538. The Morgan fingerprint density at radius 2 is 2.14 bits per heavy atom. The number of piperidine rings is 1. The van der Waals surface area contributed by atoms with Crippen LogP contribution in [0.25, 0.3) is 0 Å². The van der Waals surface area contributed by atoms with Crippen molar-refractivity contribution in [2.24, 2.45) is 0 Å². The zero-order valence-electron chi connectivity index (χ0n) is 11.9. The molecule has 0 saturated carbocycles. The van der Waals surface area contributed by atoms with Gasteiger partial charge in [-0.2, -0.15) is 4.31 Å². The first-order valence-corrected chi connectivity index (χ1v) is 8.37. The number of anilines is 1. The molecule has 21 heavy (non-hydrogen) atoms. The lowest BCUT2D eigenvalue weighted by Gasteiger charge is -2.34. The molecule has 1 atom stereocenters. The molecule has 2 N–H and O–H groups in total. The van der Waals surface area contributed by atoms with Crippen LogP contribution in [0, 0.1) is 10.1 Å². The highest BCUT2D eigenvalue weighted by Crippen LogP contribution is 2.30. The summed E-state index contributed by atoms with van der Waals surface area (Å²) in [5.74, 6) is 0. The highest BCUT2D eigenvalue weighted by atomic mass is 32.2. The van der Waals surface area contributed by atoms with Crippen LogP contribution in [-0.2, 0) is 10.0 Å². The Kier molecular flexibility index (Phi) is 4.48. The van der Waals surface area contributed by atoms with E-state index in [-0.39, 0.29) is 22.3 Å². The second-order valence-corrected chi connectivity index (χ2v) is 7.04. The molecule has 1 aliphatic rings. The predicted octanol–water partition coefficient (Wildman–Crippen LogP) is 2.13. The van der Waals surface area contributed by atoms with Crippen LogP contribution in [0.1, 0.15) is 32.6 Å². The van der Waals surface area contributed by atoms with E-state index in [2.05, 4.69) is 0 Å². The van der Waals surface area contributed by atoms with E-state index in [0.717, 1.165) is 31.7 Å². The van der Waals surface area contributed by atoms with Gasteiger partial charge in [-0.25, -0.2) is 8.42 Å². The highest BCUT2D eigenvalue weighted by molar-refractivity contribution is 7.89. The van der Waals surface area contributed by atoms with Crippen LogP contribution in [0.5, 0.6) is 0 Å². The Balaban J connectivity index is 2.43. The molecule has 0 aliphatic carbocycles. The second kappa shape index (κ2) is 5.98. The average Bonchev–Trinajstić information content (AvgIpc) is 2.47. The molecule has 1 aliphatic heterocycles. The Bertz CT molecular complexity index is 645. The zero-order valence-corrected chi connectivity index (χ0v) is 12.7. The molecule has 0 amide bonds. The van der Waals surface area contributed by atoms with Crippen LogP contribution >= 0.6 is 0 Å².